The Morgan fingerprint density at radius 2 is 1.87 bits per heavy atom. The van der Waals surface area contributed by atoms with Crippen molar-refractivity contribution >= 4 is 21.6 Å². The lowest BCUT2D eigenvalue weighted by atomic mass is 10.2. The van der Waals surface area contributed by atoms with Gasteiger partial charge >= 0.3 is 0 Å². The Labute approximate surface area is 188 Å². The average molecular weight is 458 g/mol. The van der Waals surface area contributed by atoms with Crippen molar-refractivity contribution in [3.63, 3.8) is 0 Å². The van der Waals surface area contributed by atoms with E-state index in [4.69, 9.17) is 4.74 Å². The number of nitrogens with zero attached hydrogens (tertiary/aromatic N) is 3. The van der Waals surface area contributed by atoms with Gasteiger partial charge in [0.1, 0.15) is 17.3 Å². The van der Waals surface area contributed by atoms with Crippen LogP contribution in [0, 0.1) is 13.8 Å². The van der Waals surface area contributed by atoms with Gasteiger partial charge in [-0.25, -0.2) is 8.42 Å². The molecule has 0 spiro atoms. The van der Waals surface area contributed by atoms with Gasteiger partial charge in [-0.15, -0.1) is 16.8 Å². The second kappa shape index (κ2) is 10.6. The maximum Gasteiger partial charge on any atom is 0.191 e. The summed E-state index contributed by atoms with van der Waals surface area (Å²) in [5.41, 5.74) is 2.18. The molecular weight excluding hydrogens is 430 g/mol. The zero-order valence-corrected chi connectivity index (χ0v) is 19.5. The molecule has 0 aliphatic heterocycles. The van der Waals surface area contributed by atoms with E-state index in [0.717, 1.165) is 29.1 Å². The van der Waals surface area contributed by atoms with Gasteiger partial charge in [-0.3, -0.25) is 0 Å². The highest BCUT2D eigenvalue weighted by molar-refractivity contribution is 7.99. The van der Waals surface area contributed by atoms with Crippen molar-refractivity contribution in [3.05, 3.63) is 78.1 Å². The lowest BCUT2D eigenvalue weighted by molar-refractivity contribution is 0.318. The molecule has 0 radical (unpaired) electrons. The van der Waals surface area contributed by atoms with Crippen LogP contribution >= 0.6 is 11.8 Å². The lowest BCUT2D eigenvalue weighted by Gasteiger charge is -2.09. The van der Waals surface area contributed by atoms with Crippen molar-refractivity contribution in [1.29, 1.82) is 0 Å². The quantitative estimate of drug-likeness (QED) is 0.238. The molecule has 31 heavy (non-hydrogen) atoms. The largest absolute Gasteiger partial charge is 0.494 e. The first-order chi connectivity index (χ1) is 14.9. The van der Waals surface area contributed by atoms with Crippen molar-refractivity contribution in [1.82, 2.24) is 14.8 Å². The molecule has 8 heteroatoms. The van der Waals surface area contributed by atoms with Crippen LogP contribution in [0.3, 0.4) is 0 Å². The fraction of sp³-hybridized carbons (Fsp3) is 0.304. The fourth-order valence-corrected chi connectivity index (χ4v) is 5.11. The predicted octanol–water partition coefficient (Wildman–Crippen LogP) is 4.62. The van der Waals surface area contributed by atoms with Gasteiger partial charge < -0.3 is 9.30 Å². The van der Waals surface area contributed by atoms with Crippen molar-refractivity contribution in [2.45, 2.75) is 42.6 Å². The maximum absolute atomic E-state index is 12.8. The van der Waals surface area contributed by atoms with Gasteiger partial charge in [0.05, 0.1) is 11.5 Å². The molecule has 2 aromatic carbocycles. The molecule has 0 unspecified atom stereocenters. The standard InChI is InChI=1S/C23H27N3O3S2/c1-4-13-26-22(17-31(27,28)21-11-9-18(2)10-12-21)24-25-23(26)30-15-6-14-29-20-8-5-7-19(3)16-20/h4-5,7-12,16H,1,6,13-15,17H2,2-3H3. The molecule has 0 bridgehead atoms. The lowest BCUT2D eigenvalue weighted by Crippen LogP contribution is -2.11. The second-order valence-electron chi connectivity index (χ2n) is 7.24. The monoisotopic (exact) mass is 457 g/mol. The third-order valence-corrected chi connectivity index (χ3v) is 7.26. The summed E-state index contributed by atoms with van der Waals surface area (Å²) in [5, 5.41) is 9.05. The van der Waals surface area contributed by atoms with Gasteiger partial charge in [-0.05, 0) is 50.1 Å². The van der Waals surface area contributed by atoms with E-state index in [9.17, 15) is 8.42 Å². The highest BCUT2D eigenvalue weighted by Gasteiger charge is 2.21. The summed E-state index contributed by atoms with van der Waals surface area (Å²) in [7, 11) is -3.51. The molecule has 0 saturated heterocycles. The van der Waals surface area contributed by atoms with Gasteiger partial charge in [0.15, 0.2) is 15.0 Å². The second-order valence-corrected chi connectivity index (χ2v) is 10.3. The van der Waals surface area contributed by atoms with Crippen LogP contribution in [-0.2, 0) is 22.1 Å². The highest BCUT2D eigenvalue weighted by atomic mass is 32.2. The summed E-state index contributed by atoms with van der Waals surface area (Å²) in [6.45, 7) is 8.78. The van der Waals surface area contributed by atoms with E-state index in [1.807, 2.05) is 42.7 Å². The molecule has 6 nitrogen and oxygen atoms in total. The summed E-state index contributed by atoms with van der Waals surface area (Å²) in [5.74, 6) is 1.86. The normalized spacial score (nSPS) is 11.4. The Morgan fingerprint density at radius 3 is 2.58 bits per heavy atom. The van der Waals surface area contributed by atoms with E-state index in [1.165, 1.54) is 11.8 Å². The SMILES string of the molecule is C=CCn1c(CS(=O)(=O)c2ccc(C)cc2)nnc1SCCCOc1cccc(C)c1. The number of thioether (sulfide) groups is 1. The van der Waals surface area contributed by atoms with E-state index in [2.05, 4.69) is 16.8 Å². The van der Waals surface area contributed by atoms with Crippen LogP contribution in [0.1, 0.15) is 23.4 Å². The number of rotatable bonds is 11. The number of sulfone groups is 1. The number of hydrogen-bond donors (Lipinski definition) is 0. The van der Waals surface area contributed by atoms with Gasteiger partial charge in [0.2, 0.25) is 0 Å². The minimum absolute atomic E-state index is 0.200. The van der Waals surface area contributed by atoms with E-state index >= 15 is 0 Å². The van der Waals surface area contributed by atoms with E-state index in [1.54, 1.807) is 30.3 Å². The Morgan fingerprint density at radius 1 is 1.10 bits per heavy atom. The van der Waals surface area contributed by atoms with Crippen LogP contribution in [0.25, 0.3) is 0 Å². The van der Waals surface area contributed by atoms with E-state index < -0.39 is 9.84 Å². The minimum atomic E-state index is -3.51. The number of aromatic nitrogens is 3. The first kappa shape index (κ1) is 23.1. The summed E-state index contributed by atoms with van der Waals surface area (Å²) in [6, 6.07) is 14.8. The van der Waals surface area contributed by atoms with Crippen molar-refractivity contribution in [2.24, 2.45) is 0 Å². The molecule has 3 aromatic rings. The smallest absolute Gasteiger partial charge is 0.191 e. The maximum atomic E-state index is 12.8. The molecular formula is C23H27N3O3S2. The third-order valence-electron chi connectivity index (χ3n) is 4.58. The van der Waals surface area contributed by atoms with Crippen molar-refractivity contribution in [3.8, 4) is 5.75 Å². The molecule has 0 N–H and O–H groups in total. The van der Waals surface area contributed by atoms with Crippen LogP contribution in [0.4, 0.5) is 0 Å². The number of benzene rings is 2. The van der Waals surface area contributed by atoms with Crippen LogP contribution in [0.5, 0.6) is 5.75 Å². The third kappa shape index (κ3) is 6.45. The predicted molar refractivity (Wildman–Crippen MR) is 124 cm³/mol. The van der Waals surface area contributed by atoms with Crippen molar-refractivity contribution < 1.29 is 13.2 Å². The Bertz CT molecular complexity index is 1120. The number of aryl methyl sites for hydroxylation is 2. The summed E-state index contributed by atoms with van der Waals surface area (Å²) in [6.07, 6.45) is 2.55. The van der Waals surface area contributed by atoms with Gasteiger partial charge in [-0.1, -0.05) is 47.7 Å². The Hall–Kier alpha value is -2.58. The topological polar surface area (TPSA) is 74.1 Å². The van der Waals surface area contributed by atoms with Crippen molar-refractivity contribution in [2.75, 3.05) is 12.4 Å². The molecule has 3 rings (SSSR count). The fourth-order valence-electron chi connectivity index (χ4n) is 2.96. The molecule has 164 valence electrons. The summed E-state index contributed by atoms with van der Waals surface area (Å²) in [4.78, 5) is 0.286. The highest BCUT2D eigenvalue weighted by Crippen LogP contribution is 2.22. The summed E-state index contributed by atoms with van der Waals surface area (Å²) < 4.78 is 33.2. The molecule has 0 amide bonds. The number of hydrogen-bond acceptors (Lipinski definition) is 6. The molecule has 0 saturated carbocycles. The number of allylic oxidation sites excluding steroid dienone is 1. The zero-order chi connectivity index (χ0) is 22.3. The zero-order valence-electron chi connectivity index (χ0n) is 17.8. The van der Waals surface area contributed by atoms with Gasteiger partial charge in [0, 0.05) is 12.3 Å². The average Bonchev–Trinajstić information content (AvgIpc) is 3.09. The van der Waals surface area contributed by atoms with Gasteiger partial charge in [-0.2, -0.15) is 0 Å². The van der Waals surface area contributed by atoms with Crippen LogP contribution in [-0.4, -0.2) is 35.5 Å². The van der Waals surface area contributed by atoms with Crippen LogP contribution in [0.2, 0.25) is 0 Å². The van der Waals surface area contributed by atoms with Crippen LogP contribution in [0.15, 0.2) is 71.2 Å². The Balaban J connectivity index is 1.60. The molecule has 1 aromatic heterocycles. The molecule has 1 heterocycles. The first-order valence-corrected chi connectivity index (χ1v) is 12.7. The molecule has 0 aliphatic rings. The summed E-state index contributed by atoms with van der Waals surface area (Å²) >= 11 is 1.54. The molecule has 0 aliphatic carbocycles. The number of ether oxygens (including phenoxy) is 1. The van der Waals surface area contributed by atoms with Crippen LogP contribution < -0.4 is 4.74 Å². The minimum Gasteiger partial charge on any atom is -0.494 e. The molecule has 0 atom stereocenters. The van der Waals surface area contributed by atoms with E-state index in [-0.39, 0.29) is 10.6 Å². The van der Waals surface area contributed by atoms with E-state index in [0.29, 0.717) is 24.1 Å². The Kier molecular flexibility index (Phi) is 7.92. The first-order valence-electron chi connectivity index (χ1n) is 10.0. The van der Waals surface area contributed by atoms with Gasteiger partial charge in [0.25, 0.3) is 0 Å². The molecule has 0 fully saturated rings.